The van der Waals surface area contributed by atoms with Crippen molar-refractivity contribution in [1.29, 1.82) is 0 Å². The van der Waals surface area contributed by atoms with Crippen LogP contribution >= 0.6 is 11.6 Å². The van der Waals surface area contributed by atoms with Gasteiger partial charge in [0.25, 0.3) is 5.91 Å². The lowest BCUT2D eigenvalue weighted by molar-refractivity contribution is 0.0588. The van der Waals surface area contributed by atoms with Crippen molar-refractivity contribution in [3.8, 4) is 0 Å². The van der Waals surface area contributed by atoms with E-state index in [4.69, 9.17) is 16.3 Å². The van der Waals surface area contributed by atoms with Gasteiger partial charge in [-0.1, -0.05) is 17.7 Å². The average Bonchev–Trinajstić information content (AvgIpc) is 2.99. The molecule has 3 rings (SSSR count). The molecule has 0 spiro atoms. The first kappa shape index (κ1) is 16.5. The third-order valence-corrected chi connectivity index (χ3v) is 4.37. The minimum atomic E-state index is -0.489. The Morgan fingerprint density at radius 2 is 2.12 bits per heavy atom. The fourth-order valence-electron chi connectivity index (χ4n) is 2.91. The summed E-state index contributed by atoms with van der Waals surface area (Å²) >= 11 is 5.96. The smallest absolute Gasteiger partial charge is 0.358 e. The molecule has 1 aromatic heterocycles. The van der Waals surface area contributed by atoms with Gasteiger partial charge in [-0.15, -0.1) is 0 Å². The van der Waals surface area contributed by atoms with Gasteiger partial charge in [-0.3, -0.25) is 9.69 Å². The number of fused-ring (bicyclic) bond motifs is 1. The van der Waals surface area contributed by atoms with E-state index in [1.807, 2.05) is 4.57 Å². The van der Waals surface area contributed by atoms with Gasteiger partial charge in [0.05, 0.1) is 7.11 Å². The standard InChI is InChI=1S/C17H18ClN3O3/c1-20(16(22)11-6-5-7-12(18)10-11)15-14(17(23)24-2)21-9-4-3-8-13(21)19-15/h5-7,10H,3-4,8-9H2,1-2H3. The predicted molar refractivity (Wildman–Crippen MR) is 90.7 cm³/mol. The van der Waals surface area contributed by atoms with Crippen molar-refractivity contribution >= 4 is 29.3 Å². The second-order valence-electron chi connectivity index (χ2n) is 5.68. The maximum absolute atomic E-state index is 12.7. The quantitative estimate of drug-likeness (QED) is 0.801. The van der Waals surface area contributed by atoms with Crippen molar-refractivity contribution in [3.05, 3.63) is 46.4 Å². The Kier molecular flexibility index (Phi) is 4.57. The number of carbonyl (C=O) groups excluding carboxylic acids is 2. The van der Waals surface area contributed by atoms with Gasteiger partial charge in [0.2, 0.25) is 0 Å². The number of benzene rings is 1. The molecule has 1 amide bonds. The molecule has 0 aliphatic carbocycles. The molecule has 1 aliphatic rings. The van der Waals surface area contributed by atoms with E-state index in [-0.39, 0.29) is 5.91 Å². The number of halogens is 1. The largest absolute Gasteiger partial charge is 0.464 e. The zero-order valence-corrected chi connectivity index (χ0v) is 14.3. The lowest BCUT2D eigenvalue weighted by Gasteiger charge is -2.17. The molecule has 24 heavy (non-hydrogen) atoms. The topological polar surface area (TPSA) is 64.4 Å². The van der Waals surface area contributed by atoms with Crippen molar-refractivity contribution < 1.29 is 14.3 Å². The second-order valence-corrected chi connectivity index (χ2v) is 6.11. The van der Waals surface area contributed by atoms with Crippen LogP contribution in [0.3, 0.4) is 0 Å². The number of hydrogen-bond donors (Lipinski definition) is 0. The van der Waals surface area contributed by atoms with Crippen LogP contribution in [0.1, 0.15) is 39.5 Å². The number of nitrogens with zero attached hydrogens (tertiary/aromatic N) is 3. The molecule has 0 saturated heterocycles. The van der Waals surface area contributed by atoms with E-state index in [1.54, 1.807) is 31.3 Å². The molecule has 0 N–H and O–H groups in total. The number of ether oxygens (including phenoxy) is 1. The van der Waals surface area contributed by atoms with Gasteiger partial charge in [-0.2, -0.15) is 0 Å². The van der Waals surface area contributed by atoms with Gasteiger partial charge in [0.1, 0.15) is 5.82 Å². The molecule has 0 fully saturated rings. The van der Waals surface area contributed by atoms with Crippen molar-refractivity contribution in [2.75, 3.05) is 19.1 Å². The van der Waals surface area contributed by atoms with Gasteiger partial charge < -0.3 is 9.30 Å². The molecule has 0 bridgehead atoms. The highest BCUT2D eigenvalue weighted by Gasteiger charge is 2.29. The zero-order chi connectivity index (χ0) is 17.3. The summed E-state index contributed by atoms with van der Waals surface area (Å²) in [4.78, 5) is 30.9. The Morgan fingerprint density at radius 3 is 2.83 bits per heavy atom. The minimum Gasteiger partial charge on any atom is -0.464 e. The van der Waals surface area contributed by atoms with Crippen LogP contribution in [-0.2, 0) is 17.7 Å². The van der Waals surface area contributed by atoms with Crippen LogP contribution in [0.4, 0.5) is 5.82 Å². The number of aryl methyl sites for hydroxylation is 1. The van der Waals surface area contributed by atoms with E-state index in [0.717, 1.165) is 25.1 Å². The summed E-state index contributed by atoms with van der Waals surface area (Å²) in [5.74, 6) is 0.362. The van der Waals surface area contributed by atoms with Crippen molar-refractivity contribution in [2.45, 2.75) is 25.8 Å². The van der Waals surface area contributed by atoms with Crippen molar-refractivity contribution in [3.63, 3.8) is 0 Å². The Labute approximate surface area is 145 Å². The van der Waals surface area contributed by atoms with Crippen molar-refractivity contribution in [2.24, 2.45) is 0 Å². The monoisotopic (exact) mass is 347 g/mol. The normalized spacial score (nSPS) is 13.3. The SMILES string of the molecule is COC(=O)c1c(N(C)C(=O)c2cccc(Cl)c2)nc2n1CCCC2. The molecule has 0 radical (unpaired) electrons. The van der Waals surface area contributed by atoms with Crippen molar-refractivity contribution in [1.82, 2.24) is 9.55 Å². The molecule has 1 aromatic carbocycles. The van der Waals surface area contributed by atoms with Crippen LogP contribution < -0.4 is 4.90 Å². The van der Waals surface area contributed by atoms with E-state index in [9.17, 15) is 9.59 Å². The number of esters is 1. The lowest BCUT2D eigenvalue weighted by Crippen LogP contribution is -2.29. The summed E-state index contributed by atoms with van der Waals surface area (Å²) in [6.07, 6.45) is 2.77. The van der Waals surface area contributed by atoms with Crippen LogP contribution in [0, 0.1) is 0 Å². The maximum atomic E-state index is 12.7. The van der Waals surface area contributed by atoms with E-state index in [1.165, 1.54) is 12.0 Å². The van der Waals surface area contributed by atoms with Gasteiger partial charge in [-0.05, 0) is 31.0 Å². The molecular weight excluding hydrogens is 330 g/mol. The molecule has 0 saturated carbocycles. The number of amides is 1. The van der Waals surface area contributed by atoms with Gasteiger partial charge in [0, 0.05) is 30.6 Å². The zero-order valence-electron chi connectivity index (χ0n) is 13.6. The lowest BCUT2D eigenvalue weighted by atomic mass is 10.1. The summed E-state index contributed by atoms with van der Waals surface area (Å²) in [6, 6.07) is 6.68. The first-order chi connectivity index (χ1) is 11.5. The van der Waals surface area contributed by atoms with Gasteiger partial charge in [0.15, 0.2) is 11.5 Å². The fourth-order valence-corrected chi connectivity index (χ4v) is 3.10. The number of hydrogen-bond acceptors (Lipinski definition) is 4. The second kappa shape index (κ2) is 6.65. The highest BCUT2D eigenvalue weighted by molar-refractivity contribution is 6.31. The molecule has 2 heterocycles. The number of anilines is 1. The summed E-state index contributed by atoms with van der Waals surface area (Å²) < 4.78 is 6.75. The predicted octanol–water partition coefficient (Wildman–Crippen LogP) is 2.94. The van der Waals surface area contributed by atoms with Crippen LogP contribution in [-0.4, -0.2) is 35.6 Å². The number of carbonyl (C=O) groups is 2. The minimum absolute atomic E-state index is 0.280. The van der Waals surface area contributed by atoms with Gasteiger partial charge >= 0.3 is 5.97 Å². The van der Waals surface area contributed by atoms with Crippen LogP contribution in [0.25, 0.3) is 0 Å². The molecule has 7 heteroatoms. The van der Waals surface area contributed by atoms with Crippen LogP contribution in [0.15, 0.2) is 24.3 Å². The molecule has 0 unspecified atom stereocenters. The number of aromatic nitrogens is 2. The third kappa shape index (κ3) is 2.89. The molecule has 6 nitrogen and oxygen atoms in total. The van der Waals surface area contributed by atoms with E-state index >= 15 is 0 Å². The molecular formula is C17H18ClN3O3. The number of rotatable bonds is 3. The average molecular weight is 348 g/mol. The number of methoxy groups -OCH3 is 1. The molecule has 2 aromatic rings. The molecule has 1 aliphatic heterocycles. The fraction of sp³-hybridized carbons (Fsp3) is 0.353. The Hall–Kier alpha value is -2.34. The highest BCUT2D eigenvalue weighted by Crippen LogP contribution is 2.27. The van der Waals surface area contributed by atoms with Gasteiger partial charge in [-0.25, -0.2) is 9.78 Å². The van der Waals surface area contributed by atoms with Crippen LogP contribution in [0.5, 0.6) is 0 Å². The highest BCUT2D eigenvalue weighted by atomic mass is 35.5. The summed E-state index contributed by atoms with van der Waals surface area (Å²) in [5, 5.41) is 0.478. The molecule has 126 valence electrons. The van der Waals surface area contributed by atoms with E-state index in [0.29, 0.717) is 28.6 Å². The molecule has 0 atom stereocenters. The summed E-state index contributed by atoms with van der Waals surface area (Å²) in [6.45, 7) is 0.700. The van der Waals surface area contributed by atoms with E-state index in [2.05, 4.69) is 4.98 Å². The first-order valence-electron chi connectivity index (χ1n) is 7.74. The van der Waals surface area contributed by atoms with E-state index < -0.39 is 5.97 Å². The summed E-state index contributed by atoms with van der Waals surface area (Å²) in [5.41, 5.74) is 0.761. The maximum Gasteiger partial charge on any atom is 0.358 e. The number of imidazole rings is 1. The van der Waals surface area contributed by atoms with Crippen LogP contribution in [0.2, 0.25) is 5.02 Å². The third-order valence-electron chi connectivity index (χ3n) is 4.13. The first-order valence-corrected chi connectivity index (χ1v) is 8.12. The Balaban J connectivity index is 2.03. The Morgan fingerprint density at radius 1 is 1.33 bits per heavy atom. The summed E-state index contributed by atoms with van der Waals surface area (Å²) in [7, 11) is 2.93. The Bertz CT molecular complexity index is 800.